The zero-order valence-corrected chi connectivity index (χ0v) is 10.7. The molecule has 0 spiro atoms. The zero-order valence-electron chi connectivity index (χ0n) is 9.91. The van der Waals surface area contributed by atoms with Gasteiger partial charge in [0.25, 0.3) is 0 Å². The van der Waals surface area contributed by atoms with E-state index < -0.39 is 0 Å². The fourth-order valence-corrected chi connectivity index (χ4v) is 2.49. The van der Waals surface area contributed by atoms with Gasteiger partial charge in [0, 0.05) is 19.6 Å². The summed E-state index contributed by atoms with van der Waals surface area (Å²) in [7, 11) is 2.03. The lowest BCUT2D eigenvalue weighted by atomic mass is 10.0. The summed E-state index contributed by atoms with van der Waals surface area (Å²) in [5.74, 6) is 0. The Morgan fingerprint density at radius 1 is 1.53 bits per heavy atom. The van der Waals surface area contributed by atoms with Crippen LogP contribution in [-0.4, -0.2) is 26.2 Å². The van der Waals surface area contributed by atoms with E-state index in [1.54, 1.807) is 6.07 Å². The molecule has 0 aromatic heterocycles. The molecule has 1 atom stereocenters. The second kappa shape index (κ2) is 5.39. The summed E-state index contributed by atoms with van der Waals surface area (Å²) in [6, 6.07) is 8.24. The van der Waals surface area contributed by atoms with Crippen LogP contribution in [-0.2, 0) is 0 Å². The van der Waals surface area contributed by atoms with Crippen molar-refractivity contribution >= 4 is 17.3 Å². The van der Waals surface area contributed by atoms with Crippen LogP contribution < -0.4 is 10.2 Å². The van der Waals surface area contributed by atoms with Crippen molar-refractivity contribution in [2.45, 2.75) is 18.9 Å². The number of benzene rings is 1. The fourth-order valence-electron chi connectivity index (χ4n) is 2.28. The standard InChI is InChI=1S/C13H16ClN3/c1-17(10-4-3-7-16-9-10)13-6-2-5-12(14)11(13)8-15/h2,5-6,10,16H,3-4,7,9H2,1H3. The SMILES string of the molecule is CN(c1cccc(Cl)c1C#N)C1CCCNC1. The average molecular weight is 250 g/mol. The lowest BCUT2D eigenvalue weighted by molar-refractivity contribution is 0.445. The molecular weight excluding hydrogens is 234 g/mol. The van der Waals surface area contributed by atoms with E-state index in [0.29, 0.717) is 16.6 Å². The molecule has 1 N–H and O–H groups in total. The number of rotatable bonds is 2. The molecule has 0 saturated carbocycles. The largest absolute Gasteiger partial charge is 0.369 e. The zero-order chi connectivity index (χ0) is 12.3. The highest BCUT2D eigenvalue weighted by Crippen LogP contribution is 2.28. The normalized spacial score (nSPS) is 19.7. The summed E-state index contributed by atoms with van der Waals surface area (Å²) in [6.07, 6.45) is 2.33. The molecule has 1 unspecified atom stereocenters. The maximum Gasteiger partial charge on any atom is 0.103 e. The van der Waals surface area contributed by atoms with Crippen LogP contribution in [0, 0.1) is 11.3 Å². The van der Waals surface area contributed by atoms with Crippen LogP contribution in [0.25, 0.3) is 0 Å². The molecule has 1 aliphatic heterocycles. The van der Waals surface area contributed by atoms with Crippen molar-refractivity contribution in [3.8, 4) is 6.07 Å². The summed E-state index contributed by atoms with van der Waals surface area (Å²) in [4.78, 5) is 2.16. The predicted octanol–water partition coefficient (Wildman–Crippen LogP) is 2.40. The first-order valence-electron chi connectivity index (χ1n) is 5.86. The Balaban J connectivity index is 2.27. The minimum absolute atomic E-state index is 0.439. The Hall–Kier alpha value is -1.24. The first-order valence-corrected chi connectivity index (χ1v) is 6.24. The first kappa shape index (κ1) is 12.2. The smallest absolute Gasteiger partial charge is 0.103 e. The van der Waals surface area contributed by atoms with Gasteiger partial charge in [-0.15, -0.1) is 0 Å². The molecule has 1 aromatic rings. The van der Waals surface area contributed by atoms with Crippen molar-refractivity contribution in [1.82, 2.24) is 5.32 Å². The van der Waals surface area contributed by atoms with Crippen molar-refractivity contribution in [1.29, 1.82) is 5.26 Å². The van der Waals surface area contributed by atoms with Gasteiger partial charge in [0.05, 0.1) is 16.3 Å². The van der Waals surface area contributed by atoms with E-state index in [1.165, 1.54) is 6.42 Å². The van der Waals surface area contributed by atoms with Crippen LogP contribution in [0.5, 0.6) is 0 Å². The molecule has 3 nitrogen and oxygen atoms in total. The van der Waals surface area contributed by atoms with Gasteiger partial charge in [0.15, 0.2) is 0 Å². The van der Waals surface area contributed by atoms with Gasteiger partial charge in [0.2, 0.25) is 0 Å². The molecule has 0 amide bonds. The third-order valence-corrected chi connectivity index (χ3v) is 3.62. The molecule has 0 radical (unpaired) electrons. The lowest BCUT2D eigenvalue weighted by Crippen LogP contribution is -2.44. The molecule has 1 fully saturated rings. The number of likely N-dealkylation sites (N-methyl/N-ethyl adjacent to an activating group) is 1. The summed E-state index contributed by atoms with van der Waals surface area (Å²) in [6.45, 7) is 2.05. The minimum Gasteiger partial charge on any atom is -0.369 e. The second-order valence-electron chi connectivity index (χ2n) is 4.36. The van der Waals surface area contributed by atoms with Crippen LogP contribution in [0.3, 0.4) is 0 Å². The Kier molecular flexibility index (Phi) is 3.88. The molecule has 1 saturated heterocycles. The van der Waals surface area contributed by atoms with E-state index in [9.17, 15) is 0 Å². The van der Waals surface area contributed by atoms with Crippen molar-refractivity contribution < 1.29 is 0 Å². The maximum atomic E-state index is 9.17. The predicted molar refractivity (Wildman–Crippen MR) is 70.5 cm³/mol. The average Bonchev–Trinajstić information content (AvgIpc) is 2.38. The number of piperidine rings is 1. The third kappa shape index (κ3) is 2.54. The van der Waals surface area contributed by atoms with Crippen LogP contribution in [0.15, 0.2) is 18.2 Å². The maximum absolute atomic E-state index is 9.17. The molecule has 90 valence electrons. The van der Waals surface area contributed by atoms with Gasteiger partial charge < -0.3 is 10.2 Å². The number of nitrogens with zero attached hydrogens (tertiary/aromatic N) is 2. The monoisotopic (exact) mass is 249 g/mol. The van der Waals surface area contributed by atoms with E-state index in [4.69, 9.17) is 16.9 Å². The van der Waals surface area contributed by atoms with Crippen molar-refractivity contribution in [2.75, 3.05) is 25.0 Å². The number of anilines is 1. The Labute approximate surface area is 107 Å². The molecule has 1 aromatic carbocycles. The fraction of sp³-hybridized carbons (Fsp3) is 0.462. The Morgan fingerprint density at radius 3 is 3.00 bits per heavy atom. The molecule has 17 heavy (non-hydrogen) atoms. The third-order valence-electron chi connectivity index (χ3n) is 3.30. The quantitative estimate of drug-likeness (QED) is 0.875. The van der Waals surface area contributed by atoms with E-state index in [1.807, 2.05) is 19.2 Å². The molecule has 0 bridgehead atoms. The lowest BCUT2D eigenvalue weighted by Gasteiger charge is -2.33. The van der Waals surface area contributed by atoms with Crippen LogP contribution in [0.4, 0.5) is 5.69 Å². The highest BCUT2D eigenvalue weighted by Gasteiger charge is 2.20. The van der Waals surface area contributed by atoms with Crippen LogP contribution >= 0.6 is 11.6 Å². The highest BCUT2D eigenvalue weighted by molar-refractivity contribution is 6.32. The number of nitriles is 1. The van der Waals surface area contributed by atoms with Gasteiger partial charge in [-0.25, -0.2) is 0 Å². The molecule has 2 rings (SSSR count). The topological polar surface area (TPSA) is 39.1 Å². The highest BCUT2D eigenvalue weighted by atomic mass is 35.5. The number of hydrogen-bond acceptors (Lipinski definition) is 3. The summed E-state index contributed by atoms with van der Waals surface area (Å²) < 4.78 is 0. The van der Waals surface area contributed by atoms with E-state index in [2.05, 4.69) is 16.3 Å². The van der Waals surface area contributed by atoms with Gasteiger partial charge in [-0.3, -0.25) is 0 Å². The van der Waals surface area contributed by atoms with Crippen molar-refractivity contribution in [2.24, 2.45) is 0 Å². The number of hydrogen-bond donors (Lipinski definition) is 1. The van der Waals surface area contributed by atoms with Crippen LogP contribution in [0.2, 0.25) is 5.02 Å². The molecule has 1 heterocycles. The molecular formula is C13H16ClN3. The molecule has 1 aliphatic rings. The van der Waals surface area contributed by atoms with Gasteiger partial charge in [-0.05, 0) is 31.5 Å². The van der Waals surface area contributed by atoms with Gasteiger partial charge >= 0.3 is 0 Å². The van der Waals surface area contributed by atoms with Gasteiger partial charge in [-0.1, -0.05) is 17.7 Å². The molecule has 4 heteroatoms. The van der Waals surface area contributed by atoms with E-state index in [0.717, 1.165) is 25.2 Å². The summed E-state index contributed by atoms with van der Waals surface area (Å²) in [5.41, 5.74) is 1.50. The summed E-state index contributed by atoms with van der Waals surface area (Å²) in [5, 5.41) is 13.1. The molecule has 0 aliphatic carbocycles. The Morgan fingerprint density at radius 2 is 2.35 bits per heavy atom. The minimum atomic E-state index is 0.439. The van der Waals surface area contributed by atoms with Gasteiger partial charge in [0.1, 0.15) is 6.07 Å². The summed E-state index contributed by atoms with van der Waals surface area (Å²) >= 11 is 6.05. The van der Waals surface area contributed by atoms with E-state index in [-0.39, 0.29) is 0 Å². The van der Waals surface area contributed by atoms with Gasteiger partial charge in [-0.2, -0.15) is 5.26 Å². The first-order chi connectivity index (χ1) is 8.24. The van der Waals surface area contributed by atoms with Crippen LogP contribution in [0.1, 0.15) is 18.4 Å². The second-order valence-corrected chi connectivity index (χ2v) is 4.76. The number of nitrogens with one attached hydrogen (secondary N) is 1. The number of halogens is 1. The van der Waals surface area contributed by atoms with E-state index >= 15 is 0 Å². The van der Waals surface area contributed by atoms with Crippen molar-refractivity contribution in [3.63, 3.8) is 0 Å². The Bertz CT molecular complexity index is 433. The van der Waals surface area contributed by atoms with Crippen molar-refractivity contribution in [3.05, 3.63) is 28.8 Å².